The molecule has 21 heavy (non-hydrogen) atoms. The van der Waals surface area contributed by atoms with Crippen LogP contribution in [-0.2, 0) is 11.3 Å². The van der Waals surface area contributed by atoms with Crippen LogP contribution in [0, 0.1) is 5.82 Å². The number of carbonyl (C=O) groups is 1. The van der Waals surface area contributed by atoms with Gasteiger partial charge in [-0.05, 0) is 43.0 Å². The number of aliphatic carboxylic acids is 1. The summed E-state index contributed by atoms with van der Waals surface area (Å²) in [5.74, 6) is -1.11. The molecule has 0 radical (unpaired) electrons. The fourth-order valence-corrected chi connectivity index (χ4v) is 2.86. The van der Waals surface area contributed by atoms with E-state index in [4.69, 9.17) is 5.11 Å². The number of benzene rings is 1. The molecule has 0 aliphatic rings. The molecule has 0 saturated carbocycles. The van der Waals surface area contributed by atoms with Crippen molar-refractivity contribution in [3.8, 4) is 10.4 Å². The summed E-state index contributed by atoms with van der Waals surface area (Å²) in [5.41, 5.74) is 1.48. The molecule has 0 aliphatic carbocycles. The number of nitrogens with zero attached hydrogens (tertiary/aromatic N) is 1. The third kappa shape index (κ3) is 4.12. The summed E-state index contributed by atoms with van der Waals surface area (Å²) in [6.07, 6.45) is 0. The number of hydrogen-bond acceptors (Lipinski definition) is 3. The summed E-state index contributed by atoms with van der Waals surface area (Å²) in [5, 5.41) is 10.9. The van der Waals surface area contributed by atoms with Gasteiger partial charge in [-0.3, -0.25) is 9.69 Å². The lowest BCUT2D eigenvalue weighted by atomic mass is 10.1. The fourth-order valence-electron chi connectivity index (χ4n) is 2.12. The molecule has 1 N–H and O–H groups in total. The van der Waals surface area contributed by atoms with E-state index >= 15 is 0 Å². The predicted octanol–water partition coefficient (Wildman–Crippen LogP) is 3.85. The van der Waals surface area contributed by atoms with E-state index in [1.165, 1.54) is 17.4 Å². The Morgan fingerprint density at radius 1 is 1.38 bits per heavy atom. The van der Waals surface area contributed by atoms with Crippen LogP contribution in [0.2, 0.25) is 0 Å². The molecular weight excluding hydrogens is 289 g/mol. The zero-order valence-electron chi connectivity index (χ0n) is 12.0. The van der Waals surface area contributed by atoms with Crippen LogP contribution in [0.3, 0.4) is 0 Å². The Morgan fingerprint density at radius 2 is 2.14 bits per heavy atom. The van der Waals surface area contributed by atoms with E-state index in [1.54, 1.807) is 12.1 Å². The van der Waals surface area contributed by atoms with Gasteiger partial charge in [0.2, 0.25) is 0 Å². The molecule has 0 saturated heterocycles. The summed E-state index contributed by atoms with van der Waals surface area (Å²) in [6.45, 7) is 4.37. The minimum atomic E-state index is -0.857. The molecule has 0 bridgehead atoms. The number of rotatable bonds is 6. The Labute approximate surface area is 127 Å². The van der Waals surface area contributed by atoms with Crippen molar-refractivity contribution in [3.05, 3.63) is 47.1 Å². The summed E-state index contributed by atoms with van der Waals surface area (Å²) < 4.78 is 13.9. The van der Waals surface area contributed by atoms with Gasteiger partial charge >= 0.3 is 5.97 Å². The molecule has 5 heteroatoms. The van der Waals surface area contributed by atoms with Gasteiger partial charge in [0.05, 0.1) is 6.54 Å². The lowest BCUT2D eigenvalue weighted by Crippen LogP contribution is -2.35. The van der Waals surface area contributed by atoms with Crippen molar-refractivity contribution in [3.63, 3.8) is 0 Å². The smallest absolute Gasteiger partial charge is 0.317 e. The number of halogens is 1. The van der Waals surface area contributed by atoms with Crippen LogP contribution in [0.15, 0.2) is 35.7 Å². The highest BCUT2D eigenvalue weighted by atomic mass is 32.1. The highest BCUT2D eigenvalue weighted by Crippen LogP contribution is 2.28. The molecule has 0 unspecified atom stereocenters. The Bertz CT molecular complexity index is 611. The van der Waals surface area contributed by atoms with E-state index in [9.17, 15) is 9.18 Å². The highest BCUT2D eigenvalue weighted by molar-refractivity contribution is 7.13. The third-order valence-corrected chi connectivity index (χ3v) is 4.17. The minimum Gasteiger partial charge on any atom is -0.480 e. The van der Waals surface area contributed by atoms with Crippen molar-refractivity contribution >= 4 is 17.3 Å². The van der Waals surface area contributed by atoms with Crippen LogP contribution >= 0.6 is 11.3 Å². The first-order valence-corrected chi connectivity index (χ1v) is 7.63. The van der Waals surface area contributed by atoms with Crippen LogP contribution < -0.4 is 0 Å². The topological polar surface area (TPSA) is 40.5 Å². The Morgan fingerprint density at radius 3 is 2.71 bits per heavy atom. The van der Waals surface area contributed by atoms with Gasteiger partial charge in [-0.15, -0.1) is 11.3 Å². The van der Waals surface area contributed by atoms with Gasteiger partial charge in [-0.1, -0.05) is 12.1 Å². The van der Waals surface area contributed by atoms with Crippen molar-refractivity contribution in [1.82, 2.24) is 4.90 Å². The molecule has 1 heterocycles. The zero-order chi connectivity index (χ0) is 15.4. The highest BCUT2D eigenvalue weighted by Gasteiger charge is 2.15. The number of carboxylic acids is 1. The Hall–Kier alpha value is -1.72. The molecule has 0 aliphatic heterocycles. The van der Waals surface area contributed by atoms with Gasteiger partial charge < -0.3 is 5.11 Å². The average Bonchev–Trinajstić information content (AvgIpc) is 2.93. The van der Waals surface area contributed by atoms with Crippen LogP contribution in [0.4, 0.5) is 4.39 Å². The van der Waals surface area contributed by atoms with Crippen LogP contribution in [-0.4, -0.2) is 28.6 Å². The van der Waals surface area contributed by atoms with E-state index < -0.39 is 5.97 Å². The van der Waals surface area contributed by atoms with Gasteiger partial charge in [0.1, 0.15) is 5.82 Å². The molecular formula is C16H18FNO2S. The minimum absolute atomic E-state index is 0.0244. The second-order valence-corrected chi connectivity index (χ2v) is 6.13. The summed E-state index contributed by atoms with van der Waals surface area (Å²) in [4.78, 5) is 13.6. The molecule has 1 aromatic carbocycles. The SMILES string of the molecule is CC(C)N(CC(=O)O)Cc1ccc(F)c(-c2cccs2)c1. The van der Waals surface area contributed by atoms with Crippen LogP contribution in [0.5, 0.6) is 0 Å². The molecule has 0 amide bonds. The first-order chi connectivity index (χ1) is 9.97. The van der Waals surface area contributed by atoms with E-state index in [-0.39, 0.29) is 18.4 Å². The van der Waals surface area contributed by atoms with Crippen molar-refractivity contribution in [2.75, 3.05) is 6.54 Å². The van der Waals surface area contributed by atoms with E-state index in [0.29, 0.717) is 12.1 Å². The molecule has 0 spiro atoms. The maximum atomic E-state index is 13.9. The molecule has 2 rings (SSSR count). The van der Waals surface area contributed by atoms with Gasteiger partial charge in [0, 0.05) is 23.0 Å². The molecule has 1 aromatic heterocycles. The lowest BCUT2D eigenvalue weighted by molar-refractivity contribution is -0.138. The summed E-state index contributed by atoms with van der Waals surface area (Å²) in [6, 6.07) is 8.84. The van der Waals surface area contributed by atoms with Crippen LogP contribution in [0.25, 0.3) is 10.4 Å². The molecule has 3 nitrogen and oxygen atoms in total. The van der Waals surface area contributed by atoms with Gasteiger partial charge in [-0.25, -0.2) is 4.39 Å². The fraction of sp³-hybridized carbons (Fsp3) is 0.312. The zero-order valence-corrected chi connectivity index (χ0v) is 12.9. The molecule has 0 atom stereocenters. The first kappa shape index (κ1) is 15.7. The lowest BCUT2D eigenvalue weighted by Gasteiger charge is -2.24. The second kappa shape index (κ2) is 6.83. The predicted molar refractivity (Wildman–Crippen MR) is 82.9 cm³/mol. The number of carboxylic acid groups (broad SMARTS) is 1. The maximum Gasteiger partial charge on any atom is 0.317 e. The maximum absolute atomic E-state index is 13.9. The number of hydrogen-bond donors (Lipinski definition) is 1. The normalized spacial score (nSPS) is 11.3. The van der Waals surface area contributed by atoms with Crippen LogP contribution in [0.1, 0.15) is 19.4 Å². The van der Waals surface area contributed by atoms with Crippen molar-refractivity contribution in [2.24, 2.45) is 0 Å². The number of thiophene rings is 1. The largest absolute Gasteiger partial charge is 0.480 e. The Kier molecular flexibility index (Phi) is 5.09. The molecule has 0 fully saturated rings. The van der Waals surface area contributed by atoms with E-state index in [2.05, 4.69) is 0 Å². The van der Waals surface area contributed by atoms with Crippen molar-refractivity contribution < 1.29 is 14.3 Å². The first-order valence-electron chi connectivity index (χ1n) is 6.75. The van der Waals surface area contributed by atoms with Gasteiger partial charge in [0.15, 0.2) is 0 Å². The van der Waals surface area contributed by atoms with Crippen molar-refractivity contribution in [1.29, 1.82) is 0 Å². The standard InChI is InChI=1S/C16H18FNO2S/c1-11(2)18(10-16(19)20)9-12-5-6-14(17)13(8-12)15-4-3-7-21-15/h3-8,11H,9-10H2,1-2H3,(H,19,20). The van der Waals surface area contributed by atoms with Gasteiger partial charge in [-0.2, -0.15) is 0 Å². The van der Waals surface area contributed by atoms with Crippen molar-refractivity contribution in [2.45, 2.75) is 26.4 Å². The monoisotopic (exact) mass is 307 g/mol. The molecule has 2 aromatic rings. The quantitative estimate of drug-likeness (QED) is 0.881. The second-order valence-electron chi connectivity index (χ2n) is 5.18. The van der Waals surface area contributed by atoms with E-state index in [1.807, 2.05) is 36.3 Å². The third-order valence-electron chi connectivity index (χ3n) is 3.27. The molecule has 112 valence electrons. The summed E-state index contributed by atoms with van der Waals surface area (Å²) in [7, 11) is 0. The summed E-state index contributed by atoms with van der Waals surface area (Å²) >= 11 is 1.49. The average molecular weight is 307 g/mol. The van der Waals surface area contributed by atoms with E-state index in [0.717, 1.165) is 10.4 Å². The Balaban J connectivity index is 2.24. The van der Waals surface area contributed by atoms with Gasteiger partial charge in [0.25, 0.3) is 0 Å².